The highest BCUT2D eigenvalue weighted by Crippen LogP contribution is 2.40. The third-order valence-corrected chi connectivity index (χ3v) is 4.74. The molecule has 0 atom stereocenters. The van der Waals surface area contributed by atoms with Gasteiger partial charge in [0.05, 0.1) is 14.5 Å². The highest BCUT2D eigenvalue weighted by molar-refractivity contribution is 9.10. The Morgan fingerprint density at radius 2 is 2.12 bits per heavy atom. The topological polar surface area (TPSA) is 30.2 Å². The predicted molar refractivity (Wildman–Crippen MR) is 72.4 cm³/mol. The van der Waals surface area contributed by atoms with Crippen molar-refractivity contribution in [3.8, 4) is 0 Å². The summed E-state index contributed by atoms with van der Waals surface area (Å²) >= 11 is 16.6. The fraction of sp³-hybridized carbons (Fsp3) is 0. The summed E-state index contributed by atoms with van der Waals surface area (Å²) in [6.45, 7) is 0. The minimum absolute atomic E-state index is 0.262. The van der Waals surface area contributed by atoms with Gasteiger partial charge in [-0.2, -0.15) is 0 Å². The summed E-state index contributed by atoms with van der Waals surface area (Å²) < 4.78 is 6.02. The van der Waals surface area contributed by atoms with E-state index in [0.717, 1.165) is 4.90 Å². The lowest BCUT2D eigenvalue weighted by Gasteiger charge is -2.03. The molecule has 0 N–H and O–H groups in total. The van der Waals surface area contributed by atoms with E-state index in [1.807, 2.05) is 6.07 Å². The van der Waals surface area contributed by atoms with Gasteiger partial charge in [0.1, 0.15) is 0 Å². The summed E-state index contributed by atoms with van der Waals surface area (Å²) in [7, 11) is 0. The standard InChI is InChI=1S/C11H5BrCl2O2S/c12-7-4-6(5-15)16-11(7)17-9-3-1-2-8(13)10(9)14/h1-5H. The monoisotopic (exact) mass is 350 g/mol. The Bertz CT molecular complexity index is 569. The normalized spacial score (nSPS) is 10.5. The zero-order chi connectivity index (χ0) is 12.4. The molecule has 0 aliphatic carbocycles. The molecule has 0 saturated heterocycles. The van der Waals surface area contributed by atoms with E-state index in [2.05, 4.69) is 15.9 Å². The van der Waals surface area contributed by atoms with Crippen molar-refractivity contribution in [1.29, 1.82) is 0 Å². The van der Waals surface area contributed by atoms with Gasteiger partial charge in [-0.25, -0.2) is 0 Å². The number of carbonyl (C=O) groups is 1. The van der Waals surface area contributed by atoms with Gasteiger partial charge in [0, 0.05) is 11.0 Å². The molecule has 6 heteroatoms. The number of carbonyl (C=O) groups excluding carboxylic acids is 1. The van der Waals surface area contributed by atoms with Crippen LogP contribution in [0.1, 0.15) is 10.6 Å². The third kappa shape index (κ3) is 2.88. The summed E-state index contributed by atoms with van der Waals surface area (Å²) in [5, 5.41) is 1.52. The van der Waals surface area contributed by atoms with Crippen LogP contribution in [0, 0.1) is 0 Å². The van der Waals surface area contributed by atoms with Gasteiger partial charge in [-0.15, -0.1) is 0 Å². The maximum absolute atomic E-state index is 10.6. The van der Waals surface area contributed by atoms with Crippen LogP contribution in [0.5, 0.6) is 0 Å². The molecule has 0 aliphatic heterocycles. The van der Waals surface area contributed by atoms with E-state index in [0.29, 0.717) is 25.9 Å². The second kappa shape index (κ2) is 5.48. The van der Waals surface area contributed by atoms with E-state index in [4.69, 9.17) is 27.6 Å². The van der Waals surface area contributed by atoms with Gasteiger partial charge in [0.15, 0.2) is 17.1 Å². The molecular formula is C11H5BrCl2O2S. The zero-order valence-corrected chi connectivity index (χ0v) is 12.2. The molecule has 0 spiro atoms. The highest BCUT2D eigenvalue weighted by atomic mass is 79.9. The Labute approximate surface area is 120 Å². The second-order valence-electron chi connectivity index (χ2n) is 3.06. The molecule has 0 amide bonds. The predicted octanol–water partition coefficient (Wildman–Crippen LogP) is 5.31. The molecule has 0 saturated carbocycles. The van der Waals surface area contributed by atoms with Crippen LogP contribution in [-0.4, -0.2) is 6.29 Å². The lowest BCUT2D eigenvalue weighted by atomic mass is 10.4. The summed E-state index contributed by atoms with van der Waals surface area (Å²) in [4.78, 5) is 11.3. The van der Waals surface area contributed by atoms with E-state index in [-0.39, 0.29) is 5.76 Å². The Hall–Kier alpha value is -0.420. The van der Waals surface area contributed by atoms with E-state index < -0.39 is 0 Å². The SMILES string of the molecule is O=Cc1cc(Br)c(Sc2cccc(Cl)c2Cl)o1. The van der Waals surface area contributed by atoms with Gasteiger partial charge < -0.3 is 4.42 Å². The van der Waals surface area contributed by atoms with Crippen molar-refractivity contribution in [3.63, 3.8) is 0 Å². The van der Waals surface area contributed by atoms with E-state index in [9.17, 15) is 4.79 Å². The minimum atomic E-state index is 0.262. The van der Waals surface area contributed by atoms with Crippen LogP contribution in [-0.2, 0) is 0 Å². The molecule has 0 unspecified atom stereocenters. The van der Waals surface area contributed by atoms with Gasteiger partial charge in [-0.05, 0) is 39.8 Å². The van der Waals surface area contributed by atoms with Crippen LogP contribution in [0.15, 0.2) is 43.1 Å². The Kier molecular flexibility index (Phi) is 4.20. The summed E-state index contributed by atoms with van der Waals surface area (Å²) in [5.74, 6) is 0.262. The second-order valence-corrected chi connectivity index (χ2v) is 5.71. The minimum Gasteiger partial charge on any atom is -0.445 e. The molecule has 0 aliphatic rings. The van der Waals surface area contributed by atoms with Gasteiger partial charge in [-0.3, -0.25) is 4.79 Å². The number of halogens is 3. The first-order valence-corrected chi connectivity index (χ1v) is 6.84. The molecule has 2 aromatic rings. The molecule has 1 heterocycles. The quantitative estimate of drug-likeness (QED) is 0.701. The van der Waals surface area contributed by atoms with Crippen molar-refractivity contribution in [2.45, 2.75) is 9.99 Å². The average Bonchev–Trinajstić information content (AvgIpc) is 2.66. The number of furan rings is 1. The molecule has 0 bridgehead atoms. The summed E-state index contributed by atoms with van der Waals surface area (Å²) in [5.41, 5.74) is 0. The van der Waals surface area contributed by atoms with Crippen molar-refractivity contribution in [2.75, 3.05) is 0 Å². The van der Waals surface area contributed by atoms with Gasteiger partial charge in [0.25, 0.3) is 0 Å². The van der Waals surface area contributed by atoms with Crippen LogP contribution >= 0.6 is 50.9 Å². The maximum Gasteiger partial charge on any atom is 0.185 e. The van der Waals surface area contributed by atoms with Gasteiger partial charge in [0.2, 0.25) is 0 Å². The molecule has 0 radical (unpaired) electrons. The van der Waals surface area contributed by atoms with Crippen LogP contribution in [0.2, 0.25) is 10.0 Å². The molecule has 1 aromatic heterocycles. The molecule has 1 aromatic carbocycles. The number of benzene rings is 1. The fourth-order valence-corrected chi connectivity index (χ4v) is 3.02. The Balaban J connectivity index is 2.34. The van der Waals surface area contributed by atoms with Crippen LogP contribution < -0.4 is 0 Å². The van der Waals surface area contributed by atoms with Crippen LogP contribution in [0.25, 0.3) is 0 Å². The number of rotatable bonds is 3. The van der Waals surface area contributed by atoms with Crippen molar-refractivity contribution >= 4 is 57.2 Å². The molecule has 88 valence electrons. The van der Waals surface area contributed by atoms with Crippen LogP contribution in [0.4, 0.5) is 0 Å². The average molecular weight is 352 g/mol. The lowest BCUT2D eigenvalue weighted by Crippen LogP contribution is -1.76. The lowest BCUT2D eigenvalue weighted by molar-refractivity contribution is 0.109. The van der Waals surface area contributed by atoms with Crippen molar-refractivity contribution in [1.82, 2.24) is 0 Å². The van der Waals surface area contributed by atoms with E-state index in [1.54, 1.807) is 18.2 Å². The smallest absolute Gasteiger partial charge is 0.185 e. The maximum atomic E-state index is 10.6. The number of hydrogen-bond donors (Lipinski definition) is 0. The van der Waals surface area contributed by atoms with Crippen molar-refractivity contribution < 1.29 is 9.21 Å². The molecule has 2 rings (SSSR count). The largest absolute Gasteiger partial charge is 0.445 e. The highest BCUT2D eigenvalue weighted by Gasteiger charge is 2.13. The molecule has 17 heavy (non-hydrogen) atoms. The Morgan fingerprint density at radius 1 is 1.35 bits per heavy atom. The van der Waals surface area contributed by atoms with Gasteiger partial charge in [-0.1, -0.05) is 29.3 Å². The number of aldehydes is 1. The first-order valence-electron chi connectivity index (χ1n) is 4.48. The summed E-state index contributed by atoms with van der Waals surface area (Å²) in [6.07, 6.45) is 0.647. The van der Waals surface area contributed by atoms with Crippen molar-refractivity contribution in [3.05, 3.63) is 44.5 Å². The Morgan fingerprint density at radius 3 is 2.76 bits per heavy atom. The fourth-order valence-electron chi connectivity index (χ4n) is 1.16. The molecule has 2 nitrogen and oxygen atoms in total. The van der Waals surface area contributed by atoms with E-state index >= 15 is 0 Å². The van der Waals surface area contributed by atoms with E-state index in [1.165, 1.54) is 11.8 Å². The summed E-state index contributed by atoms with van der Waals surface area (Å²) in [6, 6.07) is 6.94. The first kappa shape index (κ1) is 13.0. The third-order valence-electron chi connectivity index (χ3n) is 1.91. The van der Waals surface area contributed by atoms with Gasteiger partial charge >= 0.3 is 0 Å². The van der Waals surface area contributed by atoms with Crippen molar-refractivity contribution in [2.24, 2.45) is 0 Å². The first-order chi connectivity index (χ1) is 8.11. The molecular weight excluding hydrogens is 347 g/mol. The zero-order valence-electron chi connectivity index (χ0n) is 8.25. The van der Waals surface area contributed by atoms with Crippen LogP contribution in [0.3, 0.4) is 0 Å². The molecule has 0 fully saturated rings. The number of hydrogen-bond acceptors (Lipinski definition) is 3.